The fourth-order valence-corrected chi connectivity index (χ4v) is 2.42. The van der Waals surface area contributed by atoms with E-state index in [1.165, 1.54) is 19.3 Å². The molecule has 2 heterocycles. The van der Waals surface area contributed by atoms with Gasteiger partial charge in [-0.2, -0.15) is 0 Å². The highest BCUT2D eigenvalue weighted by molar-refractivity contribution is 5.96. The molecule has 1 atom stereocenters. The maximum atomic E-state index is 12.0. The van der Waals surface area contributed by atoms with Crippen molar-refractivity contribution >= 4 is 11.6 Å². The summed E-state index contributed by atoms with van der Waals surface area (Å²) in [6, 6.07) is 3.77. The van der Waals surface area contributed by atoms with Crippen LogP contribution in [0.5, 0.6) is 0 Å². The van der Waals surface area contributed by atoms with Crippen LogP contribution in [0, 0.1) is 0 Å². The number of amides is 1. The molecule has 0 saturated carbocycles. The summed E-state index contributed by atoms with van der Waals surface area (Å²) in [4.78, 5) is 18.4. The lowest BCUT2D eigenvalue weighted by Crippen LogP contribution is -2.44. The third-order valence-electron chi connectivity index (χ3n) is 3.63. The smallest absolute Gasteiger partial charge is 0.272 e. The Morgan fingerprint density at radius 3 is 2.89 bits per heavy atom. The molecule has 1 unspecified atom stereocenters. The number of carbonyl (C=O) groups is 1. The van der Waals surface area contributed by atoms with Crippen molar-refractivity contribution in [2.45, 2.75) is 32.2 Å². The van der Waals surface area contributed by atoms with Gasteiger partial charge in [0.15, 0.2) is 5.69 Å². The van der Waals surface area contributed by atoms with Crippen LogP contribution in [0.15, 0.2) is 18.3 Å². The Balaban J connectivity index is 1.84. The topological polar surface area (TPSA) is 71.2 Å². The number of pyridine rings is 1. The molecule has 1 aromatic heterocycles. The van der Waals surface area contributed by atoms with Crippen LogP contribution in [0.3, 0.4) is 0 Å². The van der Waals surface area contributed by atoms with E-state index in [2.05, 4.69) is 22.1 Å². The fraction of sp³-hybridized carbons (Fsp3) is 0.571. The van der Waals surface area contributed by atoms with Gasteiger partial charge in [0.05, 0.1) is 5.69 Å². The molecule has 3 N–H and O–H groups in total. The van der Waals surface area contributed by atoms with E-state index in [0.29, 0.717) is 24.0 Å². The van der Waals surface area contributed by atoms with Crippen LogP contribution in [0.4, 0.5) is 5.69 Å². The second-order valence-corrected chi connectivity index (χ2v) is 5.10. The number of nitrogen functional groups attached to an aromatic ring is 1. The van der Waals surface area contributed by atoms with Gasteiger partial charge in [-0.1, -0.05) is 6.42 Å². The average Bonchev–Trinajstić information content (AvgIpc) is 2.46. The van der Waals surface area contributed by atoms with Gasteiger partial charge < -0.3 is 11.1 Å². The van der Waals surface area contributed by atoms with Crippen LogP contribution in [0.25, 0.3) is 0 Å². The summed E-state index contributed by atoms with van der Waals surface area (Å²) in [5.74, 6) is -0.193. The van der Waals surface area contributed by atoms with Crippen LogP contribution in [-0.4, -0.2) is 41.5 Å². The summed E-state index contributed by atoms with van der Waals surface area (Å²) >= 11 is 0. The van der Waals surface area contributed by atoms with Crippen molar-refractivity contribution < 1.29 is 4.79 Å². The molecule has 2 rings (SSSR count). The zero-order valence-electron chi connectivity index (χ0n) is 11.4. The fourth-order valence-electron chi connectivity index (χ4n) is 2.42. The molecule has 1 amide bonds. The van der Waals surface area contributed by atoms with E-state index < -0.39 is 0 Å². The van der Waals surface area contributed by atoms with Gasteiger partial charge in [-0.15, -0.1) is 0 Å². The Morgan fingerprint density at radius 2 is 2.21 bits per heavy atom. The first-order valence-electron chi connectivity index (χ1n) is 6.91. The van der Waals surface area contributed by atoms with Crippen molar-refractivity contribution in [2.75, 3.05) is 25.4 Å². The standard InChI is InChI=1S/C14H22N4O/c1-11(18-8-3-2-4-9-18)10-17-14(19)13-12(15)6-5-7-16-13/h5-7,11H,2-4,8-10,15H2,1H3,(H,17,19). The minimum Gasteiger partial charge on any atom is -0.397 e. The second kappa shape index (κ2) is 6.52. The number of nitrogens with zero attached hydrogens (tertiary/aromatic N) is 2. The molecule has 5 heteroatoms. The van der Waals surface area contributed by atoms with E-state index in [1.807, 2.05) is 0 Å². The molecule has 1 aliphatic rings. The number of hydrogen-bond acceptors (Lipinski definition) is 4. The number of rotatable bonds is 4. The molecule has 1 aliphatic heterocycles. The highest BCUT2D eigenvalue weighted by atomic mass is 16.1. The molecule has 1 saturated heterocycles. The summed E-state index contributed by atoms with van der Waals surface area (Å²) < 4.78 is 0. The van der Waals surface area contributed by atoms with Crippen molar-refractivity contribution in [1.29, 1.82) is 0 Å². The van der Waals surface area contributed by atoms with Gasteiger partial charge in [0, 0.05) is 18.8 Å². The lowest BCUT2D eigenvalue weighted by atomic mass is 10.1. The third kappa shape index (κ3) is 3.67. The maximum Gasteiger partial charge on any atom is 0.272 e. The van der Waals surface area contributed by atoms with Crippen LogP contribution in [0.1, 0.15) is 36.7 Å². The number of aromatic nitrogens is 1. The number of nitrogens with two attached hydrogens (primary N) is 1. The molecular formula is C14H22N4O. The van der Waals surface area contributed by atoms with E-state index in [4.69, 9.17) is 5.73 Å². The molecule has 0 bridgehead atoms. The lowest BCUT2D eigenvalue weighted by Gasteiger charge is -2.32. The van der Waals surface area contributed by atoms with E-state index in [1.54, 1.807) is 18.3 Å². The number of likely N-dealkylation sites (tertiary alicyclic amines) is 1. The summed E-state index contributed by atoms with van der Waals surface area (Å²) in [7, 11) is 0. The predicted octanol–water partition coefficient (Wildman–Crippen LogP) is 1.27. The van der Waals surface area contributed by atoms with E-state index in [9.17, 15) is 4.79 Å². The highest BCUT2D eigenvalue weighted by Crippen LogP contribution is 2.12. The van der Waals surface area contributed by atoms with Crippen LogP contribution in [-0.2, 0) is 0 Å². The molecule has 5 nitrogen and oxygen atoms in total. The molecule has 19 heavy (non-hydrogen) atoms. The normalized spacial score (nSPS) is 17.9. The van der Waals surface area contributed by atoms with E-state index in [0.717, 1.165) is 13.1 Å². The molecule has 0 radical (unpaired) electrons. The molecule has 1 aromatic rings. The monoisotopic (exact) mass is 262 g/mol. The van der Waals surface area contributed by atoms with Gasteiger partial charge in [0.2, 0.25) is 0 Å². The predicted molar refractivity (Wildman–Crippen MR) is 75.9 cm³/mol. The first-order valence-corrected chi connectivity index (χ1v) is 6.91. The molecule has 104 valence electrons. The third-order valence-corrected chi connectivity index (χ3v) is 3.63. The lowest BCUT2D eigenvalue weighted by molar-refractivity contribution is 0.0926. The molecule has 1 fully saturated rings. The molecule has 0 aromatic carbocycles. The zero-order valence-corrected chi connectivity index (χ0v) is 11.4. The number of hydrogen-bond donors (Lipinski definition) is 2. The minimum atomic E-state index is -0.193. The second-order valence-electron chi connectivity index (χ2n) is 5.10. The van der Waals surface area contributed by atoms with Gasteiger partial charge in [-0.05, 0) is 45.0 Å². The Kier molecular flexibility index (Phi) is 4.74. The Morgan fingerprint density at radius 1 is 1.47 bits per heavy atom. The minimum absolute atomic E-state index is 0.193. The van der Waals surface area contributed by atoms with Crippen LogP contribution >= 0.6 is 0 Å². The van der Waals surface area contributed by atoms with Crippen molar-refractivity contribution in [1.82, 2.24) is 15.2 Å². The van der Waals surface area contributed by atoms with E-state index >= 15 is 0 Å². The van der Waals surface area contributed by atoms with Crippen molar-refractivity contribution in [2.24, 2.45) is 0 Å². The quantitative estimate of drug-likeness (QED) is 0.857. The zero-order chi connectivity index (χ0) is 13.7. The van der Waals surface area contributed by atoms with Gasteiger partial charge in [0.25, 0.3) is 5.91 Å². The summed E-state index contributed by atoms with van der Waals surface area (Å²) in [6.07, 6.45) is 5.41. The SMILES string of the molecule is CC(CNC(=O)c1ncccc1N)N1CCCCC1. The molecular weight excluding hydrogens is 240 g/mol. The average molecular weight is 262 g/mol. The van der Waals surface area contributed by atoms with Gasteiger partial charge in [-0.25, -0.2) is 4.98 Å². The Bertz CT molecular complexity index is 429. The summed E-state index contributed by atoms with van der Waals surface area (Å²) in [6.45, 7) is 5.04. The number of piperidine rings is 1. The molecule has 0 spiro atoms. The first kappa shape index (κ1) is 13.8. The Labute approximate surface area is 114 Å². The van der Waals surface area contributed by atoms with Crippen molar-refractivity contribution in [3.05, 3.63) is 24.0 Å². The van der Waals surface area contributed by atoms with Crippen molar-refractivity contribution in [3.8, 4) is 0 Å². The van der Waals surface area contributed by atoms with Crippen molar-refractivity contribution in [3.63, 3.8) is 0 Å². The maximum absolute atomic E-state index is 12.0. The molecule has 0 aliphatic carbocycles. The van der Waals surface area contributed by atoms with Gasteiger partial charge in [0.1, 0.15) is 0 Å². The number of nitrogens with one attached hydrogen (secondary N) is 1. The summed E-state index contributed by atoms with van der Waals surface area (Å²) in [5, 5.41) is 2.91. The van der Waals surface area contributed by atoms with Gasteiger partial charge >= 0.3 is 0 Å². The highest BCUT2D eigenvalue weighted by Gasteiger charge is 2.18. The Hall–Kier alpha value is -1.62. The van der Waals surface area contributed by atoms with E-state index in [-0.39, 0.29) is 5.91 Å². The van der Waals surface area contributed by atoms with Crippen LogP contribution < -0.4 is 11.1 Å². The van der Waals surface area contributed by atoms with Gasteiger partial charge in [-0.3, -0.25) is 9.69 Å². The van der Waals surface area contributed by atoms with Crippen LogP contribution in [0.2, 0.25) is 0 Å². The number of anilines is 1. The first-order chi connectivity index (χ1) is 9.18. The largest absolute Gasteiger partial charge is 0.397 e. The number of carbonyl (C=O) groups excluding carboxylic acids is 1. The summed E-state index contributed by atoms with van der Waals surface area (Å²) in [5.41, 5.74) is 6.47.